The first-order valence-electron chi connectivity index (χ1n) is 40.5. The van der Waals surface area contributed by atoms with E-state index in [1.165, 1.54) is 38.9 Å². The Morgan fingerprint density at radius 1 is 0.353 bits per heavy atom. The highest BCUT2D eigenvalue weighted by Gasteiger charge is 2.30. The second-order valence-corrected chi connectivity index (χ2v) is 37.5. The summed E-state index contributed by atoms with van der Waals surface area (Å²) in [5.74, 6) is 7.42. The predicted molar refractivity (Wildman–Crippen MR) is 483 cm³/mol. The van der Waals surface area contributed by atoms with Crippen LogP contribution in [0.15, 0.2) is 212 Å². The average molecular weight is 1520 g/mol. The van der Waals surface area contributed by atoms with E-state index in [4.69, 9.17) is 9.97 Å². The molecule has 0 aliphatic carbocycles. The molecule has 6 heterocycles. The third kappa shape index (κ3) is 16.7. The Kier molecular flexibility index (Phi) is 21.4. The normalized spacial score (nSPS) is 13.2. The molecule has 3 aromatic heterocycles. The average Bonchev–Trinajstić information content (AvgIpc) is 1.56. The zero-order valence-electron chi connectivity index (χ0n) is 70.5. The Morgan fingerprint density at radius 2 is 0.698 bits per heavy atom. The molecule has 1 saturated heterocycles. The zero-order chi connectivity index (χ0) is 82.6. The van der Waals surface area contributed by atoms with Crippen LogP contribution >= 0.6 is 0 Å². The molecule has 1 fully saturated rings. The quantitative estimate of drug-likeness (QED) is 0.108. The van der Waals surface area contributed by atoms with E-state index in [1.54, 1.807) is 12.1 Å². The van der Waals surface area contributed by atoms with Crippen molar-refractivity contribution in [3.63, 3.8) is 0 Å². The first kappa shape index (κ1) is 79.8. The minimum atomic E-state index is -0.144. The summed E-state index contributed by atoms with van der Waals surface area (Å²) in [5.41, 5.74) is 29.3. The Morgan fingerprint density at radius 3 is 1.04 bits per heavy atom. The van der Waals surface area contributed by atoms with Crippen LogP contribution in [0.25, 0.3) is 108 Å². The highest BCUT2D eigenvalue weighted by molar-refractivity contribution is 6.08. The lowest BCUT2D eigenvalue weighted by atomic mass is 9.78. The van der Waals surface area contributed by atoms with Crippen LogP contribution in [0.5, 0.6) is 0 Å². The Labute approximate surface area is 686 Å². The topological polar surface area (TPSA) is 156 Å². The number of anilines is 1. The molecule has 11 aromatic rings. The van der Waals surface area contributed by atoms with E-state index in [0.29, 0.717) is 22.3 Å². The van der Waals surface area contributed by atoms with E-state index >= 15 is 0 Å². The third-order valence-electron chi connectivity index (χ3n) is 23.0. The number of nitriles is 4. The molecule has 0 unspecified atom stereocenters. The molecule has 14 rings (SSSR count). The summed E-state index contributed by atoms with van der Waals surface area (Å²) >= 11 is 0. The number of nitrogens with one attached hydrogen (secondary N) is 2. The van der Waals surface area contributed by atoms with E-state index in [0.717, 1.165) is 148 Å². The molecule has 3 aliphatic heterocycles. The highest BCUT2D eigenvalue weighted by atomic mass is 15.1. The van der Waals surface area contributed by atoms with Gasteiger partial charge in [0.15, 0.2) is 0 Å². The number of aromatic amines is 2. The van der Waals surface area contributed by atoms with E-state index in [9.17, 15) is 21.0 Å². The molecule has 0 spiro atoms. The molecular formula is C107H103N9. The SMILES string of the molecule is CC(C)(C)c1cc(-c2c3nc(c(-c4cc(C(C)(C)C)cc(C(C)(C)C)c4)c4ccc([nH]4)c(-c4cc(C(C)(C)C)cc(C(C)(C)C)c4)c4nc(c(-c5ccc(C#Cc6ccc(C7CCN(c8ccc(C(C(=C(C#N)C#N)c9ccccc9)=c9ccc(=C(C#N)C#N)cc9)cc8)CC7)cc6)cc5)c5ccc2[nH]5)C=C4)C=C3)cc(C(C)(C)C)c1. The summed E-state index contributed by atoms with van der Waals surface area (Å²) in [7, 11) is 0. The lowest BCUT2D eigenvalue weighted by Crippen LogP contribution is -2.32. The molecule has 2 N–H and O–H groups in total. The van der Waals surface area contributed by atoms with E-state index in [-0.39, 0.29) is 43.6 Å². The number of piperidine rings is 1. The van der Waals surface area contributed by atoms with Crippen molar-refractivity contribution in [1.82, 2.24) is 19.9 Å². The molecule has 116 heavy (non-hydrogen) atoms. The number of rotatable bonds is 9. The van der Waals surface area contributed by atoms with Crippen LogP contribution in [0, 0.1) is 57.2 Å². The van der Waals surface area contributed by atoms with Gasteiger partial charge < -0.3 is 14.9 Å². The lowest BCUT2D eigenvalue weighted by Gasteiger charge is -2.34. The first-order chi connectivity index (χ1) is 55.0. The van der Waals surface area contributed by atoms with Crippen LogP contribution in [-0.4, -0.2) is 33.0 Å². The number of hydrogen-bond acceptors (Lipinski definition) is 7. The van der Waals surface area contributed by atoms with Crippen molar-refractivity contribution in [3.05, 3.63) is 306 Å². The maximum Gasteiger partial charge on any atom is 0.138 e. The molecule has 9 nitrogen and oxygen atoms in total. The molecule has 0 saturated carbocycles. The van der Waals surface area contributed by atoms with Gasteiger partial charge in [0.25, 0.3) is 0 Å². The standard InChI is InChI=1S/C107H103N9/c1-102(2,3)81-54-76(55-82(60-81)103(4,5)6)99-90-44-42-88(112-90)98(89-43-45-91(113-89)100(77-56-83(104(7,8)9)61-84(57-77)105(10,11)12)93-47-49-95(115-93)101(94-48-46-92(99)114-94)78-58-85(106(13,14)15)62-86(59-78)107(16,17)18)75-32-28-68(29-33-75)25-24-67-26-30-69(31-27-67)71-50-52-116(53-51-71)87-40-38-74(39-41-87)96(73-36-34-70(35-37-73)79(63-108)64-109)97(80(65-110)66-111)72-22-20-19-21-23-72/h19-23,26-49,54-62,71,112,115H,50-53H2,1-18H3. The van der Waals surface area contributed by atoms with Gasteiger partial charge >= 0.3 is 0 Å². The van der Waals surface area contributed by atoms with Crippen LogP contribution in [0.2, 0.25) is 0 Å². The smallest absolute Gasteiger partial charge is 0.138 e. The molecule has 0 radical (unpaired) electrons. The number of hydrogen-bond donors (Lipinski definition) is 2. The Balaban J connectivity index is 0.845. The largest absolute Gasteiger partial charge is 0.371 e. The van der Waals surface area contributed by atoms with Gasteiger partial charge in [-0.15, -0.1) is 0 Å². The fourth-order valence-electron chi connectivity index (χ4n) is 15.9. The lowest BCUT2D eigenvalue weighted by molar-refractivity contribution is 0.505. The van der Waals surface area contributed by atoms with Crippen molar-refractivity contribution in [1.29, 1.82) is 21.0 Å². The van der Waals surface area contributed by atoms with Gasteiger partial charge in [0.05, 0.1) is 22.8 Å². The van der Waals surface area contributed by atoms with Crippen LogP contribution in [0.4, 0.5) is 5.69 Å². The molecule has 576 valence electrons. The summed E-state index contributed by atoms with van der Waals surface area (Å²) in [6.45, 7) is 43.3. The maximum atomic E-state index is 10.3. The summed E-state index contributed by atoms with van der Waals surface area (Å²) < 4.78 is 0. The Bertz CT molecular complexity index is 6170. The molecular weight excluding hydrogens is 1410 g/mol. The number of fused-ring (bicyclic) bond motifs is 8. The number of H-pyrrole nitrogens is 2. The summed E-state index contributed by atoms with van der Waals surface area (Å²) in [6, 6.07) is 81.2. The number of nitrogens with zero attached hydrogens (tertiary/aromatic N) is 7. The zero-order valence-corrected chi connectivity index (χ0v) is 70.5. The van der Waals surface area contributed by atoms with Crippen LogP contribution in [-0.2, 0) is 32.5 Å². The van der Waals surface area contributed by atoms with Gasteiger partial charge in [0.2, 0.25) is 0 Å². The maximum absolute atomic E-state index is 10.3. The van der Waals surface area contributed by atoms with Gasteiger partial charge in [0.1, 0.15) is 35.4 Å². The van der Waals surface area contributed by atoms with E-state index in [1.807, 2.05) is 54.6 Å². The number of allylic oxidation sites excluding steroid dienone is 2. The molecule has 8 aromatic carbocycles. The van der Waals surface area contributed by atoms with E-state index < -0.39 is 0 Å². The monoisotopic (exact) mass is 1510 g/mol. The molecule has 9 heteroatoms. The molecule has 0 atom stereocenters. The predicted octanol–water partition coefficient (Wildman–Crippen LogP) is 24.8. The van der Waals surface area contributed by atoms with Gasteiger partial charge in [-0.2, -0.15) is 21.0 Å². The minimum absolute atomic E-state index is 0.00522. The van der Waals surface area contributed by atoms with Crippen molar-refractivity contribution >= 4 is 68.8 Å². The Hall–Kier alpha value is -12.8. The highest BCUT2D eigenvalue weighted by Crippen LogP contribution is 2.45. The first-order valence-corrected chi connectivity index (χ1v) is 40.5. The van der Waals surface area contributed by atoms with Crippen LogP contribution < -0.4 is 15.3 Å². The van der Waals surface area contributed by atoms with Crippen molar-refractivity contribution in [3.8, 4) is 80.6 Å². The summed E-state index contributed by atoms with van der Waals surface area (Å²) in [5, 5.41) is 41.1. The summed E-state index contributed by atoms with van der Waals surface area (Å²) in [6.07, 6.45) is 10.8. The third-order valence-corrected chi connectivity index (χ3v) is 23.0. The van der Waals surface area contributed by atoms with Crippen LogP contribution in [0.3, 0.4) is 0 Å². The van der Waals surface area contributed by atoms with Gasteiger partial charge in [-0.3, -0.25) is 0 Å². The van der Waals surface area contributed by atoms with Gasteiger partial charge in [-0.1, -0.05) is 282 Å². The van der Waals surface area contributed by atoms with Gasteiger partial charge in [-0.25, -0.2) is 9.97 Å². The number of benzene rings is 8. The minimum Gasteiger partial charge on any atom is -0.371 e. The van der Waals surface area contributed by atoms with Gasteiger partial charge in [-0.05, 0) is 219 Å². The van der Waals surface area contributed by atoms with E-state index in [2.05, 4.69) is 339 Å². The van der Waals surface area contributed by atoms with Crippen molar-refractivity contribution in [2.75, 3.05) is 18.0 Å². The second kappa shape index (κ2) is 31.2. The summed E-state index contributed by atoms with van der Waals surface area (Å²) in [4.78, 5) is 22.3. The number of aromatic nitrogens is 4. The molecule has 0 amide bonds. The van der Waals surface area contributed by atoms with Crippen molar-refractivity contribution in [2.45, 2.75) is 176 Å². The van der Waals surface area contributed by atoms with Crippen molar-refractivity contribution in [2.24, 2.45) is 0 Å². The van der Waals surface area contributed by atoms with Crippen LogP contribution in [0.1, 0.15) is 227 Å². The van der Waals surface area contributed by atoms with Crippen molar-refractivity contribution < 1.29 is 0 Å². The fraction of sp³-hybridized carbons (Fsp3) is 0.271. The molecule has 3 aliphatic rings. The van der Waals surface area contributed by atoms with Gasteiger partial charge in [0, 0.05) is 85.0 Å². The fourth-order valence-corrected chi connectivity index (χ4v) is 15.9. The second-order valence-electron chi connectivity index (χ2n) is 37.5. The molecule has 8 bridgehead atoms.